The van der Waals surface area contributed by atoms with E-state index < -0.39 is 0 Å². The maximum Gasteiger partial charge on any atom is 0.128 e. The van der Waals surface area contributed by atoms with Crippen molar-refractivity contribution in [3.05, 3.63) is 11.6 Å². The Kier molecular flexibility index (Phi) is 6.84. The van der Waals surface area contributed by atoms with E-state index in [2.05, 4.69) is 43.8 Å². The average molecular weight is 211 g/mol. The second-order valence-corrected chi connectivity index (χ2v) is 4.02. The summed E-state index contributed by atoms with van der Waals surface area (Å²) in [6.07, 6.45) is 3.14. The number of hydrazone groups is 1. The van der Waals surface area contributed by atoms with Gasteiger partial charge in [0.15, 0.2) is 0 Å². The summed E-state index contributed by atoms with van der Waals surface area (Å²) in [7, 11) is 3.93. The summed E-state index contributed by atoms with van der Waals surface area (Å²) >= 11 is 0. The molecule has 0 aromatic heterocycles. The number of nitrogens with zero attached hydrogens (tertiary/aromatic N) is 3. The van der Waals surface area contributed by atoms with Gasteiger partial charge in [-0.05, 0) is 27.7 Å². The van der Waals surface area contributed by atoms with Crippen molar-refractivity contribution in [2.75, 3.05) is 27.2 Å². The SMILES string of the molecule is CCN(CC)/C(CC=C(C)C)=N\N(C)C. The predicted octanol–water partition coefficient (Wildman–Crippen LogP) is 2.56. The summed E-state index contributed by atoms with van der Waals surface area (Å²) in [5.41, 5.74) is 1.34. The molecule has 0 amide bonds. The van der Waals surface area contributed by atoms with E-state index in [9.17, 15) is 0 Å². The molecule has 0 bridgehead atoms. The minimum atomic E-state index is 0.919. The third-order valence-corrected chi connectivity index (χ3v) is 2.14. The van der Waals surface area contributed by atoms with Crippen molar-refractivity contribution in [1.29, 1.82) is 0 Å². The van der Waals surface area contributed by atoms with Crippen LogP contribution in [0, 0.1) is 0 Å². The van der Waals surface area contributed by atoms with E-state index in [0.29, 0.717) is 0 Å². The fourth-order valence-electron chi connectivity index (χ4n) is 1.35. The molecule has 0 saturated carbocycles. The molecule has 3 nitrogen and oxygen atoms in total. The minimum Gasteiger partial charge on any atom is -0.359 e. The molecule has 0 unspecified atom stereocenters. The third kappa shape index (κ3) is 6.15. The zero-order valence-corrected chi connectivity index (χ0v) is 11.0. The van der Waals surface area contributed by atoms with E-state index >= 15 is 0 Å². The van der Waals surface area contributed by atoms with E-state index in [4.69, 9.17) is 0 Å². The molecule has 0 aromatic carbocycles. The van der Waals surface area contributed by atoms with Gasteiger partial charge < -0.3 is 9.91 Å². The Hall–Kier alpha value is -0.990. The summed E-state index contributed by atoms with van der Waals surface area (Å²) in [5, 5.41) is 6.39. The first-order valence-corrected chi connectivity index (χ1v) is 5.64. The highest BCUT2D eigenvalue weighted by molar-refractivity contribution is 5.83. The monoisotopic (exact) mass is 211 g/mol. The standard InChI is InChI=1S/C12H25N3/c1-7-15(8-2)12(13-14(5)6)10-9-11(3)4/h9H,7-8,10H2,1-6H3/b13-12-. The van der Waals surface area contributed by atoms with E-state index in [-0.39, 0.29) is 0 Å². The van der Waals surface area contributed by atoms with Crippen LogP contribution in [0.3, 0.4) is 0 Å². The zero-order chi connectivity index (χ0) is 11.8. The quantitative estimate of drug-likeness (QED) is 0.301. The molecule has 0 aliphatic heterocycles. The Balaban J connectivity index is 4.64. The normalized spacial score (nSPS) is 11.2. The average Bonchev–Trinajstić information content (AvgIpc) is 2.14. The van der Waals surface area contributed by atoms with Crippen molar-refractivity contribution in [1.82, 2.24) is 9.91 Å². The molecular weight excluding hydrogens is 186 g/mol. The molecular formula is C12H25N3. The van der Waals surface area contributed by atoms with Gasteiger partial charge in [0, 0.05) is 33.6 Å². The molecule has 0 rings (SSSR count). The molecule has 0 N–H and O–H groups in total. The molecule has 3 heteroatoms. The van der Waals surface area contributed by atoms with Crippen molar-refractivity contribution in [2.24, 2.45) is 5.10 Å². The van der Waals surface area contributed by atoms with Crippen LogP contribution in [0.25, 0.3) is 0 Å². The molecule has 0 saturated heterocycles. The Labute approximate surface area is 94.4 Å². The second-order valence-electron chi connectivity index (χ2n) is 4.02. The van der Waals surface area contributed by atoms with Gasteiger partial charge in [0.25, 0.3) is 0 Å². The maximum absolute atomic E-state index is 4.52. The van der Waals surface area contributed by atoms with E-state index in [1.54, 1.807) is 0 Å². The summed E-state index contributed by atoms with van der Waals surface area (Å²) in [5.74, 6) is 1.14. The first kappa shape index (κ1) is 14.0. The minimum absolute atomic E-state index is 0.919. The fourth-order valence-corrected chi connectivity index (χ4v) is 1.35. The molecule has 0 atom stereocenters. The molecule has 0 aromatic rings. The molecule has 0 radical (unpaired) electrons. The van der Waals surface area contributed by atoms with Gasteiger partial charge in [-0.1, -0.05) is 11.6 Å². The zero-order valence-electron chi connectivity index (χ0n) is 11.0. The molecule has 0 aliphatic rings. The van der Waals surface area contributed by atoms with E-state index in [1.165, 1.54) is 5.57 Å². The van der Waals surface area contributed by atoms with Gasteiger partial charge in [0.2, 0.25) is 0 Å². The second kappa shape index (κ2) is 7.32. The lowest BCUT2D eigenvalue weighted by Crippen LogP contribution is -2.31. The summed E-state index contributed by atoms with van der Waals surface area (Å²) in [6.45, 7) is 10.6. The Morgan fingerprint density at radius 3 is 2.00 bits per heavy atom. The van der Waals surface area contributed by atoms with Crippen LogP contribution in [0.2, 0.25) is 0 Å². The van der Waals surface area contributed by atoms with Crippen LogP contribution in [0.15, 0.2) is 16.8 Å². The van der Waals surface area contributed by atoms with Gasteiger partial charge in [-0.3, -0.25) is 0 Å². The maximum atomic E-state index is 4.52. The molecule has 0 heterocycles. The third-order valence-electron chi connectivity index (χ3n) is 2.14. The molecule has 0 fully saturated rings. The van der Waals surface area contributed by atoms with Crippen LogP contribution < -0.4 is 0 Å². The topological polar surface area (TPSA) is 18.8 Å². The number of allylic oxidation sites excluding steroid dienone is 1. The lowest BCUT2D eigenvalue weighted by Gasteiger charge is -2.23. The van der Waals surface area contributed by atoms with Gasteiger partial charge >= 0.3 is 0 Å². The molecule has 88 valence electrons. The predicted molar refractivity (Wildman–Crippen MR) is 68.1 cm³/mol. The van der Waals surface area contributed by atoms with Crippen LogP contribution in [-0.4, -0.2) is 42.9 Å². The van der Waals surface area contributed by atoms with Crippen molar-refractivity contribution in [2.45, 2.75) is 34.1 Å². The Bertz CT molecular complexity index is 221. The van der Waals surface area contributed by atoms with Crippen LogP contribution in [0.1, 0.15) is 34.1 Å². The van der Waals surface area contributed by atoms with Gasteiger partial charge in [-0.15, -0.1) is 0 Å². The van der Waals surface area contributed by atoms with Gasteiger partial charge in [0.1, 0.15) is 5.84 Å². The molecule has 0 aliphatic carbocycles. The van der Waals surface area contributed by atoms with Gasteiger partial charge in [0.05, 0.1) is 0 Å². The van der Waals surface area contributed by atoms with E-state index in [1.807, 2.05) is 19.1 Å². The number of hydrogen-bond donors (Lipinski definition) is 0. The lowest BCUT2D eigenvalue weighted by molar-refractivity contribution is 0.397. The first-order valence-electron chi connectivity index (χ1n) is 5.64. The lowest BCUT2D eigenvalue weighted by atomic mass is 10.2. The van der Waals surface area contributed by atoms with E-state index in [0.717, 1.165) is 25.3 Å². The fraction of sp³-hybridized carbons (Fsp3) is 0.750. The van der Waals surface area contributed by atoms with Crippen LogP contribution in [-0.2, 0) is 0 Å². The first-order chi connectivity index (χ1) is 7.01. The highest BCUT2D eigenvalue weighted by atomic mass is 15.4. The number of rotatable bonds is 5. The molecule has 15 heavy (non-hydrogen) atoms. The smallest absolute Gasteiger partial charge is 0.128 e. The van der Waals surface area contributed by atoms with Gasteiger partial charge in [-0.2, -0.15) is 5.10 Å². The van der Waals surface area contributed by atoms with Crippen LogP contribution >= 0.6 is 0 Å². The highest BCUT2D eigenvalue weighted by Crippen LogP contribution is 2.02. The number of amidine groups is 1. The van der Waals surface area contributed by atoms with Crippen LogP contribution in [0.5, 0.6) is 0 Å². The number of hydrogen-bond acceptors (Lipinski definition) is 2. The summed E-state index contributed by atoms with van der Waals surface area (Å²) in [4.78, 5) is 2.29. The van der Waals surface area contributed by atoms with Crippen LogP contribution in [0.4, 0.5) is 0 Å². The highest BCUT2D eigenvalue weighted by Gasteiger charge is 2.06. The Morgan fingerprint density at radius 1 is 1.13 bits per heavy atom. The Morgan fingerprint density at radius 2 is 1.67 bits per heavy atom. The largest absolute Gasteiger partial charge is 0.359 e. The van der Waals surface area contributed by atoms with Crippen molar-refractivity contribution < 1.29 is 0 Å². The van der Waals surface area contributed by atoms with Crippen molar-refractivity contribution >= 4 is 5.84 Å². The molecule has 0 spiro atoms. The van der Waals surface area contributed by atoms with Gasteiger partial charge in [-0.25, -0.2) is 0 Å². The summed E-state index contributed by atoms with van der Waals surface area (Å²) < 4.78 is 0. The van der Waals surface area contributed by atoms with Crippen molar-refractivity contribution in [3.8, 4) is 0 Å². The van der Waals surface area contributed by atoms with Crippen molar-refractivity contribution in [3.63, 3.8) is 0 Å². The summed E-state index contributed by atoms with van der Waals surface area (Å²) in [6, 6.07) is 0.